The van der Waals surface area contributed by atoms with Gasteiger partial charge >= 0.3 is 5.97 Å². The average molecular weight is 235 g/mol. The molecular formula is C12H17N3O2. The van der Waals surface area contributed by atoms with E-state index in [0.717, 1.165) is 25.5 Å². The Bertz CT molecular complexity index is 391. The first kappa shape index (κ1) is 11.9. The molecule has 0 saturated carbocycles. The van der Waals surface area contributed by atoms with Gasteiger partial charge in [0.25, 0.3) is 0 Å². The summed E-state index contributed by atoms with van der Waals surface area (Å²) in [6.07, 6.45) is 2.59. The van der Waals surface area contributed by atoms with Crippen LogP contribution < -0.4 is 5.32 Å². The third-order valence-corrected chi connectivity index (χ3v) is 3.07. The van der Waals surface area contributed by atoms with Crippen LogP contribution in [0.5, 0.6) is 0 Å². The van der Waals surface area contributed by atoms with Crippen molar-refractivity contribution in [1.29, 1.82) is 0 Å². The highest BCUT2D eigenvalue weighted by atomic mass is 16.4. The van der Waals surface area contributed by atoms with Crippen molar-refractivity contribution in [3.8, 4) is 0 Å². The van der Waals surface area contributed by atoms with Gasteiger partial charge in [0.2, 0.25) is 0 Å². The molecule has 1 fully saturated rings. The van der Waals surface area contributed by atoms with Gasteiger partial charge in [0.15, 0.2) is 0 Å². The number of hydrogen-bond acceptors (Lipinski definition) is 4. The van der Waals surface area contributed by atoms with Crippen LogP contribution in [0.1, 0.15) is 16.8 Å². The van der Waals surface area contributed by atoms with Gasteiger partial charge < -0.3 is 15.3 Å². The van der Waals surface area contributed by atoms with E-state index in [1.54, 1.807) is 12.1 Å². The fourth-order valence-corrected chi connectivity index (χ4v) is 2.07. The Balaban J connectivity index is 1.85. The van der Waals surface area contributed by atoms with Crippen LogP contribution in [0.25, 0.3) is 0 Å². The lowest BCUT2D eigenvalue weighted by Crippen LogP contribution is -2.19. The number of hydrogen-bond donors (Lipinski definition) is 2. The Labute approximate surface area is 100 Å². The monoisotopic (exact) mass is 235 g/mol. The van der Waals surface area contributed by atoms with Crippen molar-refractivity contribution in [3.63, 3.8) is 0 Å². The number of nitrogens with zero attached hydrogens (tertiary/aromatic N) is 2. The summed E-state index contributed by atoms with van der Waals surface area (Å²) in [5.74, 6) is 0.451. The molecule has 1 saturated heterocycles. The number of aromatic nitrogens is 1. The number of aromatic carboxylic acids is 1. The first-order valence-electron chi connectivity index (χ1n) is 5.77. The molecule has 0 aromatic carbocycles. The summed E-state index contributed by atoms with van der Waals surface area (Å²) in [5, 5.41) is 12.0. The van der Waals surface area contributed by atoms with Gasteiger partial charge in [0, 0.05) is 19.3 Å². The summed E-state index contributed by atoms with van der Waals surface area (Å²) in [6.45, 7) is 3.15. The number of likely N-dealkylation sites (tertiary alicyclic amines) is 1. The highest BCUT2D eigenvalue weighted by molar-refractivity contribution is 5.87. The molecule has 1 unspecified atom stereocenters. The second kappa shape index (κ2) is 5.14. The van der Waals surface area contributed by atoms with Crippen molar-refractivity contribution < 1.29 is 9.90 Å². The van der Waals surface area contributed by atoms with Gasteiger partial charge in [0.1, 0.15) is 5.82 Å². The van der Waals surface area contributed by atoms with E-state index >= 15 is 0 Å². The van der Waals surface area contributed by atoms with Crippen molar-refractivity contribution in [2.45, 2.75) is 6.42 Å². The third kappa shape index (κ3) is 3.17. The molecule has 0 aliphatic carbocycles. The van der Waals surface area contributed by atoms with E-state index < -0.39 is 5.97 Å². The Morgan fingerprint density at radius 3 is 3.00 bits per heavy atom. The molecule has 2 rings (SSSR count). The second-order valence-corrected chi connectivity index (χ2v) is 4.54. The molecule has 92 valence electrons. The molecule has 0 radical (unpaired) electrons. The smallest absolute Gasteiger partial charge is 0.337 e. The predicted octanol–water partition coefficient (Wildman–Crippen LogP) is 1.14. The minimum Gasteiger partial charge on any atom is -0.478 e. The quantitative estimate of drug-likeness (QED) is 0.819. The maximum Gasteiger partial charge on any atom is 0.337 e. The summed E-state index contributed by atoms with van der Waals surface area (Å²) in [6, 6.07) is 3.28. The van der Waals surface area contributed by atoms with Crippen LogP contribution in [0.2, 0.25) is 0 Å². The van der Waals surface area contributed by atoms with Gasteiger partial charge in [-0.1, -0.05) is 0 Å². The zero-order chi connectivity index (χ0) is 12.3. The Hall–Kier alpha value is -1.62. The fourth-order valence-electron chi connectivity index (χ4n) is 2.07. The topological polar surface area (TPSA) is 65.5 Å². The van der Waals surface area contributed by atoms with Gasteiger partial charge in [-0.2, -0.15) is 0 Å². The Morgan fingerprint density at radius 2 is 2.47 bits per heavy atom. The molecule has 5 nitrogen and oxygen atoms in total. The summed E-state index contributed by atoms with van der Waals surface area (Å²) in [4.78, 5) is 17.0. The Kier molecular flexibility index (Phi) is 3.58. The largest absolute Gasteiger partial charge is 0.478 e. The minimum atomic E-state index is -0.943. The molecule has 1 atom stereocenters. The summed E-state index contributed by atoms with van der Waals surface area (Å²) < 4.78 is 0. The molecule has 1 aliphatic rings. The zero-order valence-electron chi connectivity index (χ0n) is 9.89. The molecule has 0 spiro atoms. The lowest BCUT2D eigenvalue weighted by Gasteiger charge is -2.12. The van der Waals surface area contributed by atoms with Gasteiger partial charge in [-0.25, -0.2) is 9.78 Å². The second-order valence-electron chi connectivity index (χ2n) is 4.54. The van der Waals surface area contributed by atoms with Crippen molar-refractivity contribution in [2.24, 2.45) is 5.92 Å². The molecule has 1 aliphatic heterocycles. The van der Waals surface area contributed by atoms with E-state index in [2.05, 4.69) is 22.2 Å². The standard InChI is InChI=1S/C12H17N3O2/c1-15-5-4-9(8-15)6-13-11-3-2-10(7-14-11)12(16)17/h2-3,7,9H,4-6,8H2,1H3,(H,13,14)(H,16,17). The Morgan fingerprint density at radius 1 is 1.65 bits per heavy atom. The minimum absolute atomic E-state index is 0.219. The van der Waals surface area contributed by atoms with Gasteiger partial charge in [-0.3, -0.25) is 0 Å². The highest BCUT2D eigenvalue weighted by Gasteiger charge is 2.18. The maximum absolute atomic E-state index is 10.6. The third-order valence-electron chi connectivity index (χ3n) is 3.07. The van der Waals surface area contributed by atoms with Gasteiger partial charge in [-0.05, 0) is 38.1 Å². The van der Waals surface area contributed by atoms with Gasteiger partial charge in [0.05, 0.1) is 5.56 Å². The van der Waals surface area contributed by atoms with E-state index in [0.29, 0.717) is 5.92 Å². The predicted molar refractivity (Wildman–Crippen MR) is 65.3 cm³/mol. The van der Waals surface area contributed by atoms with Crippen LogP contribution >= 0.6 is 0 Å². The molecule has 1 aromatic rings. The zero-order valence-corrected chi connectivity index (χ0v) is 9.89. The highest BCUT2D eigenvalue weighted by Crippen LogP contribution is 2.15. The maximum atomic E-state index is 10.6. The van der Waals surface area contributed by atoms with Crippen molar-refractivity contribution in [2.75, 3.05) is 32.0 Å². The van der Waals surface area contributed by atoms with E-state index in [9.17, 15) is 4.79 Å². The van der Waals surface area contributed by atoms with Crippen LogP contribution in [0.3, 0.4) is 0 Å². The summed E-state index contributed by atoms with van der Waals surface area (Å²) in [5.41, 5.74) is 0.219. The van der Waals surface area contributed by atoms with Crippen LogP contribution in [0, 0.1) is 5.92 Å². The molecular weight excluding hydrogens is 218 g/mol. The van der Waals surface area contributed by atoms with Crippen molar-refractivity contribution >= 4 is 11.8 Å². The van der Waals surface area contributed by atoms with E-state index in [-0.39, 0.29) is 5.56 Å². The molecule has 2 N–H and O–H groups in total. The normalized spacial score (nSPS) is 20.4. The number of nitrogens with one attached hydrogen (secondary N) is 1. The van der Waals surface area contributed by atoms with E-state index in [4.69, 9.17) is 5.11 Å². The number of anilines is 1. The average Bonchev–Trinajstić information content (AvgIpc) is 2.73. The van der Waals surface area contributed by atoms with Crippen LogP contribution in [0.4, 0.5) is 5.82 Å². The number of carbonyl (C=O) groups is 1. The lowest BCUT2D eigenvalue weighted by molar-refractivity contribution is 0.0696. The first-order valence-corrected chi connectivity index (χ1v) is 5.77. The van der Waals surface area contributed by atoms with Crippen molar-refractivity contribution in [3.05, 3.63) is 23.9 Å². The van der Waals surface area contributed by atoms with Crippen LogP contribution in [0.15, 0.2) is 18.3 Å². The van der Waals surface area contributed by atoms with Crippen molar-refractivity contribution in [1.82, 2.24) is 9.88 Å². The number of carboxylic acids is 1. The molecule has 5 heteroatoms. The molecule has 0 bridgehead atoms. The number of carboxylic acid groups (broad SMARTS) is 1. The number of pyridine rings is 1. The SMILES string of the molecule is CN1CCC(CNc2ccc(C(=O)O)cn2)C1. The first-order chi connectivity index (χ1) is 8.15. The molecule has 17 heavy (non-hydrogen) atoms. The van der Waals surface area contributed by atoms with E-state index in [1.807, 2.05) is 0 Å². The van der Waals surface area contributed by atoms with Crippen LogP contribution in [-0.4, -0.2) is 47.6 Å². The molecule has 0 amide bonds. The number of rotatable bonds is 4. The fraction of sp³-hybridized carbons (Fsp3) is 0.500. The molecule has 1 aromatic heterocycles. The molecule has 2 heterocycles. The summed E-state index contributed by atoms with van der Waals surface area (Å²) in [7, 11) is 2.12. The van der Waals surface area contributed by atoms with Crippen LogP contribution in [-0.2, 0) is 0 Å². The summed E-state index contributed by atoms with van der Waals surface area (Å²) >= 11 is 0. The van der Waals surface area contributed by atoms with E-state index in [1.165, 1.54) is 12.6 Å². The van der Waals surface area contributed by atoms with Gasteiger partial charge in [-0.15, -0.1) is 0 Å². The lowest BCUT2D eigenvalue weighted by atomic mass is 10.1.